The monoisotopic (exact) mass is 294 g/mol. The van der Waals surface area contributed by atoms with Gasteiger partial charge in [-0.1, -0.05) is 34.6 Å². The Labute approximate surface area is 116 Å². The van der Waals surface area contributed by atoms with Crippen LogP contribution in [0, 0.1) is 0 Å². The first kappa shape index (κ1) is 16.4. The van der Waals surface area contributed by atoms with Gasteiger partial charge in [0.1, 0.15) is 5.01 Å². The second kappa shape index (κ2) is 5.79. The fourth-order valence-corrected chi connectivity index (χ4v) is 2.91. The molecule has 19 heavy (non-hydrogen) atoms. The minimum atomic E-state index is -4.20. The Morgan fingerprint density at radius 2 is 1.79 bits per heavy atom. The van der Waals surface area contributed by atoms with E-state index in [0.717, 1.165) is 21.9 Å². The van der Waals surface area contributed by atoms with Crippen molar-refractivity contribution in [1.29, 1.82) is 0 Å². The fourth-order valence-electron chi connectivity index (χ4n) is 1.65. The van der Waals surface area contributed by atoms with Crippen LogP contribution >= 0.6 is 11.3 Å². The molecule has 6 heteroatoms. The average Bonchev–Trinajstić information content (AvgIpc) is 2.54. The number of alkyl halides is 3. The number of hydrogen-bond donors (Lipinski definition) is 1. The molecule has 0 aliphatic carbocycles. The average molecular weight is 294 g/mol. The standard InChI is InChI=1S/C13H21F3N2S/c1-8(2)17-7-9-11(12(3,4)5)18-10(19-9)6-13(14,15)16/h8,17H,6-7H2,1-5H3. The molecule has 0 fully saturated rings. The Kier molecular flexibility index (Phi) is 5.01. The van der Waals surface area contributed by atoms with Crippen LogP contribution in [0.4, 0.5) is 13.2 Å². The van der Waals surface area contributed by atoms with Crippen molar-refractivity contribution in [2.75, 3.05) is 0 Å². The van der Waals surface area contributed by atoms with Gasteiger partial charge in [0.25, 0.3) is 0 Å². The molecular formula is C13H21F3N2S. The summed E-state index contributed by atoms with van der Waals surface area (Å²) in [4.78, 5) is 5.11. The predicted octanol–water partition coefficient (Wildman–Crippen LogP) is 4.04. The van der Waals surface area contributed by atoms with Gasteiger partial charge in [-0.05, 0) is 0 Å². The Hall–Kier alpha value is -0.620. The molecule has 0 bridgehead atoms. The summed E-state index contributed by atoms with van der Waals surface area (Å²) in [5.74, 6) is 0. The zero-order valence-electron chi connectivity index (χ0n) is 12.0. The third kappa shape index (κ3) is 5.48. The Morgan fingerprint density at radius 1 is 1.21 bits per heavy atom. The second-order valence-corrected chi connectivity index (χ2v) is 7.13. The van der Waals surface area contributed by atoms with E-state index in [-0.39, 0.29) is 10.4 Å². The van der Waals surface area contributed by atoms with Crippen molar-refractivity contribution < 1.29 is 13.2 Å². The third-order valence-electron chi connectivity index (χ3n) is 2.47. The summed E-state index contributed by atoms with van der Waals surface area (Å²) in [5.41, 5.74) is 0.527. The summed E-state index contributed by atoms with van der Waals surface area (Å²) in [5, 5.41) is 3.39. The van der Waals surface area contributed by atoms with Crippen LogP contribution < -0.4 is 5.32 Å². The molecule has 0 radical (unpaired) electrons. The van der Waals surface area contributed by atoms with E-state index in [1.165, 1.54) is 0 Å². The van der Waals surface area contributed by atoms with Gasteiger partial charge in [-0.3, -0.25) is 0 Å². The zero-order chi connectivity index (χ0) is 14.8. The van der Waals surface area contributed by atoms with Gasteiger partial charge in [0.05, 0.1) is 12.1 Å². The molecule has 1 N–H and O–H groups in total. The molecule has 0 spiro atoms. The summed E-state index contributed by atoms with van der Waals surface area (Å²) in [6.45, 7) is 10.5. The van der Waals surface area contributed by atoms with E-state index in [1.807, 2.05) is 34.6 Å². The lowest BCUT2D eigenvalue weighted by molar-refractivity contribution is -0.127. The second-order valence-electron chi connectivity index (χ2n) is 5.96. The number of aromatic nitrogens is 1. The molecule has 0 aromatic carbocycles. The van der Waals surface area contributed by atoms with Crippen LogP contribution in [0.25, 0.3) is 0 Å². The van der Waals surface area contributed by atoms with Crippen molar-refractivity contribution in [1.82, 2.24) is 10.3 Å². The lowest BCUT2D eigenvalue weighted by Crippen LogP contribution is -2.23. The maximum absolute atomic E-state index is 12.4. The molecule has 0 aliphatic rings. The summed E-state index contributed by atoms with van der Waals surface area (Å²) in [7, 11) is 0. The summed E-state index contributed by atoms with van der Waals surface area (Å²) >= 11 is 1.16. The van der Waals surface area contributed by atoms with Crippen LogP contribution in [0.5, 0.6) is 0 Å². The Bertz CT molecular complexity index is 417. The lowest BCUT2D eigenvalue weighted by Gasteiger charge is -2.18. The number of thiazole rings is 1. The van der Waals surface area contributed by atoms with Crippen molar-refractivity contribution in [3.63, 3.8) is 0 Å². The van der Waals surface area contributed by atoms with E-state index in [1.54, 1.807) is 0 Å². The molecule has 110 valence electrons. The topological polar surface area (TPSA) is 24.9 Å². The van der Waals surface area contributed by atoms with Gasteiger partial charge in [0.15, 0.2) is 0 Å². The molecule has 0 unspecified atom stereocenters. The van der Waals surface area contributed by atoms with Crippen molar-refractivity contribution in [2.24, 2.45) is 0 Å². The predicted molar refractivity (Wildman–Crippen MR) is 72.5 cm³/mol. The van der Waals surface area contributed by atoms with Crippen LogP contribution in [0.15, 0.2) is 0 Å². The van der Waals surface area contributed by atoms with Crippen LogP contribution in [0.3, 0.4) is 0 Å². The highest BCUT2D eigenvalue weighted by molar-refractivity contribution is 7.11. The smallest absolute Gasteiger partial charge is 0.310 e. The highest BCUT2D eigenvalue weighted by atomic mass is 32.1. The maximum Gasteiger partial charge on any atom is 0.395 e. The maximum atomic E-state index is 12.4. The van der Waals surface area contributed by atoms with Crippen molar-refractivity contribution in [2.45, 2.75) is 65.2 Å². The third-order valence-corrected chi connectivity index (χ3v) is 3.53. The van der Waals surface area contributed by atoms with E-state index >= 15 is 0 Å². The van der Waals surface area contributed by atoms with Crippen molar-refractivity contribution in [3.8, 4) is 0 Å². The zero-order valence-corrected chi connectivity index (χ0v) is 12.8. The number of halogens is 3. The molecule has 0 saturated heterocycles. The highest BCUT2D eigenvalue weighted by Gasteiger charge is 2.31. The normalized spacial score (nSPS) is 13.3. The van der Waals surface area contributed by atoms with E-state index < -0.39 is 12.6 Å². The quantitative estimate of drug-likeness (QED) is 0.906. The molecule has 2 nitrogen and oxygen atoms in total. The molecule has 0 amide bonds. The first-order valence-corrected chi connectivity index (χ1v) is 7.10. The largest absolute Gasteiger partial charge is 0.395 e. The first-order chi connectivity index (χ1) is 8.49. The molecule has 0 aliphatic heterocycles. The van der Waals surface area contributed by atoms with Crippen LogP contribution in [0.1, 0.15) is 50.2 Å². The van der Waals surface area contributed by atoms with E-state index in [0.29, 0.717) is 12.6 Å². The molecular weight excluding hydrogens is 273 g/mol. The SMILES string of the molecule is CC(C)NCc1sc(CC(F)(F)F)nc1C(C)(C)C. The van der Waals surface area contributed by atoms with Gasteiger partial charge in [-0.25, -0.2) is 4.98 Å². The van der Waals surface area contributed by atoms with Crippen LogP contribution in [0.2, 0.25) is 0 Å². The van der Waals surface area contributed by atoms with Gasteiger partial charge < -0.3 is 5.32 Å². The minimum Gasteiger partial charge on any atom is -0.310 e. The number of nitrogens with zero attached hydrogens (tertiary/aromatic N) is 1. The summed E-state index contributed by atoms with van der Waals surface area (Å²) < 4.78 is 37.3. The summed E-state index contributed by atoms with van der Waals surface area (Å²) in [6, 6.07) is 0.293. The fraction of sp³-hybridized carbons (Fsp3) is 0.769. The van der Waals surface area contributed by atoms with Gasteiger partial charge in [0.2, 0.25) is 0 Å². The van der Waals surface area contributed by atoms with Crippen LogP contribution in [-0.4, -0.2) is 17.2 Å². The van der Waals surface area contributed by atoms with Gasteiger partial charge >= 0.3 is 6.18 Å². The van der Waals surface area contributed by atoms with Gasteiger partial charge in [0, 0.05) is 22.9 Å². The highest BCUT2D eigenvalue weighted by Crippen LogP contribution is 2.32. The minimum absolute atomic E-state index is 0.151. The Balaban J connectivity index is 2.99. The van der Waals surface area contributed by atoms with E-state index in [2.05, 4.69) is 10.3 Å². The number of nitrogens with one attached hydrogen (secondary N) is 1. The lowest BCUT2D eigenvalue weighted by atomic mass is 9.91. The molecule has 1 aromatic heterocycles. The molecule has 1 rings (SSSR count). The Morgan fingerprint density at radius 3 is 2.21 bits per heavy atom. The molecule has 0 saturated carbocycles. The van der Waals surface area contributed by atoms with Gasteiger partial charge in [-0.15, -0.1) is 11.3 Å². The van der Waals surface area contributed by atoms with E-state index in [9.17, 15) is 13.2 Å². The molecule has 1 heterocycles. The molecule has 0 atom stereocenters. The summed E-state index contributed by atoms with van der Waals surface area (Å²) in [6.07, 6.45) is -5.14. The van der Waals surface area contributed by atoms with Gasteiger partial charge in [-0.2, -0.15) is 13.2 Å². The van der Waals surface area contributed by atoms with Crippen molar-refractivity contribution in [3.05, 3.63) is 15.6 Å². The number of hydrogen-bond acceptors (Lipinski definition) is 3. The first-order valence-electron chi connectivity index (χ1n) is 6.28. The van der Waals surface area contributed by atoms with Crippen molar-refractivity contribution >= 4 is 11.3 Å². The van der Waals surface area contributed by atoms with Crippen LogP contribution in [-0.2, 0) is 18.4 Å². The number of rotatable bonds is 4. The van der Waals surface area contributed by atoms with E-state index in [4.69, 9.17) is 0 Å². The molecule has 1 aromatic rings.